The maximum Gasteiger partial charge on any atom is 0.211 e. The van der Waals surface area contributed by atoms with Gasteiger partial charge in [0.2, 0.25) is 5.78 Å². The molecule has 1 fully saturated rings. The quantitative estimate of drug-likeness (QED) is 0.285. The van der Waals surface area contributed by atoms with Crippen LogP contribution in [0.4, 0.5) is 0 Å². The molecule has 2 N–H and O–H groups in total. The predicted octanol–water partition coefficient (Wildman–Crippen LogP) is 5.29. The highest BCUT2D eigenvalue weighted by Gasteiger charge is 2.25. The van der Waals surface area contributed by atoms with Crippen LogP contribution < -0.4 is 10.1 Å². The highest BCUT2D eigenvalue weighted by atomic mass is 35.5. The molecule has 1 saturated heterocycles. The Hall–Kier alpha value is -2.23. The number of imidazole rings is 1. The third-order valence-electron chi connectivity index (χ3n) is 7.21. The smallest absolute Gasteiger partial charge is 0.211 e. The maximum absolute atomic E-state index is 12.4. The number of hydrogen-bond acceptors (Lipinski definition) is 6. The van der Waals surface area contributed by atoms with E-state index in [4.69, 9.17) is 27.9 Å². The Kier molecular flexibility index (Phi) is 10.4. The monoisotopic (exact) mass is 576 g/mol. The van der Waals surface area contributed by atoms with Gasteiger partial charge in [-0.3, -0.25) is 9.00 Å². The van der Waals surface area contributed by atoms with Crippen molar-refractivity contribution in [2.75, 3.05) is 46.1 Å². The Balaban J connectivity index is 1.35. The fraction of sp³-hybridized carbons (Fsp3) is 0.429. The Morgan fingerprint density at radius 3 is 2.66 bits per heavy atom. The average Bonchev–Trinajstić information content (AvgIpc) is 3.47. The molecule has 0 bridgehead atoms. The number of aromatic amines is 1. The summed E-state index contributed by atoms with van der Waals surface area (Å²) in [5.74, 6) is 1.58. The lowest BCUT2D eigenvalue weighted by molar-refractivity contribution is 0.0981. The molecule has 2 heterocycles. The first-order chi connectivity index (χ1) is 18.4. The summed E-state index contributed by atoms with van der Waals surface area (Å²) in [6.45, 7) is 3.73. The Labute approximate surface area is 236 Å². The van der Waals surface area contributed by atoms with Gasteiger partial charge in [-0.1, -0.05) is 35.3 Å². The van der Waals surface area contributed by atoms with Gasteiger partial charge in [0.25, 0.3) is 0 Å². The second-order valence-corrected chi connectivity index (χ2v) is 11.8. The van der Waals surface area contributed by atoms with Crippen LogP contribution in [0.3, 0.4) is 0 Å². The highest BCUT2D eigenvalue weighted by molar-refractivity contribution is 7.84. The number of nitrogens with zero attached hydrogens (tertiary/aromatic N) is 2. The van der Waals surface area contributed by atoms with Crippen molar-refractivity contribution in [3.63, 3.8) is 0 Å². The molecule has 2 aromatic carbocycles. The molecule has 4 rings (SSSR count). The molecular formula is C28H34Cl2N4O3S. The standard InChI is InChI=1S/C28H34Cl2N4O3S/c1-37-22-4-5-23(27(16-22)38(2)36)19-7-12-34(13-8-19)14-9-21(20-3-6-24(29)25(30)15-20)17-31-18-26(35)28-32-10-11-33-28/h3-6,10-11,15-16,19,21,31H,7-9,12-14,17-18H2,1-2H3,(H,32,33)/t21-,38+/m1/s1. The molecule has 1 aliphatic rings. The van der Waals surface area contributed by atoms with Gasteiger partial charge in [0.15, 0.2) is 5.82 Å². The van der Waals surface area contributed by atoms with Gasteiger partial charge in [-0.2, -0.15) is 0 Å². The van der Waals surface area contributed by atoms with Crippen molar-refractivity contribution in [3.8, 4) is 5.75 Å². The number of Topliss-reactive ketones (excluding diaryl/α,β-unsaturated/α-hetero) is 1. The molecule has 2 atom stereocenters. The van der Waals surface area contributed by atoms with E-state index in [1.54, 1.807) is 25.8 Å². The molecule has 0 radical (unpaired) electrons. The van der Waals surface area contributed by atoms with Crippen LogP contribution in [0.25, 0.3) is 0 Å². The second-order valence-electron chi connectivity index (χ2n) is 9.62. The van der Waals surface area contributed by atoms with Gasteiger partial charge >= 0.3 is 0 Å². The minimum Gasteiger partial charge on any atom is -0.497 e. The van der Waals surface area contributed by atoms with Crippen molar-refractivity contribution in [3.05, 3.63) is 75.8 Å². The number of hydrogen-bond donors (Lipinski definition) is 2. The zero-order valence-electron chi connectivity index (χ0n) is 21.7. The number of likely N-dealkylation sites (tertiary alicyclic amines) is 1. The SMILES string of the molecule is COc1ccc(C2CCN(CC[C@H](CNCC(=O)c3ncc[nH]3)c3ccc(Cl)c(Cl)c3)CC2)c([S@](C)=O)c1. The summed E-state index contributed by atoms with van der Waals surface area (Å²) in [6.07, 6.45) is 7.90. The van der Waals surface area contributed by atoms with Crippen molar-refractivity contribution in [2.24, 2.45) is 0 Å². The Morgan fingerprint density at radius 2 is 2.00 bits per heavy atom. The minimum absolute atomic E-state index is 0.0733. The average molecular weight is 578 g/mol. The van der Waals surface area contributed by atoms with E-state index in [9.17, 15) is 9.00 Å². The number of ketones is 1. The molecule has 10 heteroatoms. The van der Waals surface area contributed by atoms with Crippen LogP contribution >= 0.6 is 23.2 Å². The molecule has 7 nitrogen and oxygen atoms in total. The topological polar surface area (TPSA) is 87.3 Å². The minimum atomic E-state index is -1.06. The Bertz CT molecular complexity index is 1250. The van der Waals surface area contributed by atoms with Gasteiger partial charge in [-0.25, -0.2) is 4.98 Å². The van der Waals surface area contributed by atoms with Gasteiger partial charge in [0, 0.05) is 30.1 Å². The molecule has 0 unspecified atom stereocenters. The van der Waals surface area contributed by atoms with Crippen LogP contribution in [-0.2, 0) is 10.8 Å². The fourth-order valence-corrected chi connectivity index (χ4v) is 6.20. The first kappa shape index (κ1) is 28.8. The van der Waals surface area contributed by atoms with Crippen LogP contribution in [0.2, 0.25) is 10.0 Å². The number of ether oxygens (including phenoxy) is 1. The summed E-state index contributed by atoms with van der Waals surface area (Å²) in [7, 11) is 0.568. The van der Waals surface area contributed by atoms with Crippen molar-refractivity contribution < 1.29 is 13.7 Å². The zero-order chi connectivity index (χ0) is 27.1. The summed E-state index contributed by atoms with van der Waals surface area (Å²) in [4.78, 5) is 22.6. The van der Waals surface area contributed by atoms with Crippen LogP contribution in [0.5, 0.6) is 5.75 Å². The summed E-state index contributed by atoms with van der Waals surface area (Å²) in [6, 6.07) is 11.7. The third-order valence-corrected chi connectivity index (χ3v) is 8.92. The predicted molar refractivity (Wildman–Crippen MR) is 153 cm³/mol. The summed E-state index contributed by atoms with van der Waals surface area (Å²) in [5, 5.41) is 4.37. The van der Waals surface area contributed by atoms with Gasteiger partial charge in [-0.15, -0.1) is 0 Å². The molecule has 3 aromatic rings. The second kappa shape index (κ2) is 13.7. The molecule has 0 amide bonds. The van der Waals surface area contributed by atoms with Crippen LogP contribution in [0.15, 0.2) is 53.7 Å². The molecule has 38 heavy (non-hydrogen) atoms. The molecule has 0 saturated carbocycles. The number of benzene rings is 2. The van der Waals surface area contributed by atoms with E-state index in [2.05, 4.69) is 26.3 Å². The largest absolute Gasteiger partial charge is 0.497 e. The number of H-pyrrole nitrogens is 1. The van der Waals surface area contributed by atoms with Gasteiger partial charge < -0.3 is 19.9 Å². The number of carbonyl (C=O) groups excluding carboxylic acids is 1. The van der Waals surface area contributed by atoms with Crippen molar-refractivity contribution in [1.82, 2.24) is 20.2 Å². The van der Waals surface area contributed by atoms with Crippen LogP contribution in [0.1, 0.15) is 52.8 Å². The molecular weight excluding hydrogens is 543 g/mol. The molecule has 204 valence electrons. The highest BCUT2D eigenvalue weighted by Crippen LogP contribution is 2.34. The number of aromatic nitrogens is 2. The third kappa shape index (κ3) is 7.45. The lowest BCUT2D eigenvalue weighted by Crippen LogP contribution is -2.35. The first-order valence-electron chi connectivity index (χ1n) is 12.8. The van der Waals surface area contributed by atoms with Crippen molar-refractivity contribution in [2.45, 2.75) is 36.0 Å². The van der Waals surface area contributed by atoms with Gasteiger partial charge in [0.1, 0.15) is 5.75 Å². The number of rotatable bonds is 12. The Morgan fingerprint density at radius 1 is 1.21 bits per heavy atom. The molecule has 0 spiro atoms. The van der Waals surface area contributed by atoms with E-state index in [0.717, 1.165) is 55.1 Å². The summed E-state index contributed by atoms with van der Waals surface area (Å²) < 4.78 is 17.7. The van der Waals surface area contributed by atoms with E-state index in [-0.39, 0.29) is 18.2 Å². The van der Waals surface area contributed by atoms with Gasteiger partial charge in [0.05, 0.1) is 34.5 Å². The molecule has 1 aliphatic heterocycles. The normalized spacial score (nSPS) is 16.3. The molecule has 0 aliphatic carbocycles. The fourth-order valence-electron chi connectivity index (χ4n) is 5.05. The maximum atomic E-state index is 12.4. The lowest BCUT2D eigenvalue weighted by atomic mass is 9.88. The van der Waals surface area contributed by atoms with E-state index in [1.807, 2.05) is 30.3 Å². The number of methoxy groups -OCH3 is 1. The van der Waals surface area contributed by atoms with E-state index < -0.39 is 10.8 Å². The summed E-state index contributed by atoms with van der Waals surface area (Å²) in [5.41, 5.74) is 2.27. The number of carbonyl (C=O) groups is 1. The number of piperidine rings is 1. The van der Waals surface area contributed by atoms with E-state index in [0.29, 0.717) is 28.3 Å². The first-order valence-corrected chi connectivity index (χ1v) is 15.1. The zero-order valence-corrected chi connectivity index (χ0v) is 24.0. The van der Waals surface area contributed by atoms with Crippen LogP contribution in [-0.4, -0.2) is 70.9 Å². The van der Waals surface area contributed by atoms with E-state index in [1.165, 1.54) is 5.56 Å². The van der Waals surface area contributed by atoms with Gasteiger partial charge in [-0.05, 0) is 86.1 Å². The number of halogens is 2. The van der Waals surface area contributed by atoms with E-state index >= 15 is 0 Å². The molecule has 1 aromatic heterocycles. The van der Waals surface area contributed by atoms with Crippen molar-refractivity contribution in [1.29, 1.82) is 0 Å². The summed E-state index contributed by atoms with van der Waals surface area (Å²) >= 11 is 12.5. The van der Waals surface area contributed by atoms with Crippen LogP contribution in [0, 0.1) is 0 Å². The van der Waals surface area contributed by atoms with Crippen molar-refractivity contribution >= 4 is 39.8 Å². The number of nitrogens with one attached hydrogen (secondary N) is 2. The lowest BCUT2D eigenvalue weighted by Gasteiger charge is -2.34.